The molecular weight excluding hydrogens is 448 g/mol. The Bertz CT molecular complexity index is 1280. The summed E-state index contributed by atoms with van der Waals surface area (Å²) in [5, 5.41) is 10.3. The number of carboxylic acid groups (broad SMARTS) is 1. The third-order valence-electron chi connectivity index (χ3n) is 4.09. The molecule has 0 saturated carbocycles. The third kappa shape index (κ3) is 3.23. The van der Waals surface area contributed by atoms with E-state index in [-0.39, 0.29) is 11.3 Å². The molecule has 4 rings (SSSR count). The Balaban J connectivity index is 1.85. The van der Waals surface area contributed by atoms with Gasteiger partial charge in [0.05, 0.1) is 17.0 Å². The topological polar surface area (TPSA) is 102 Å². The Kier molecular flexibility index (Phi) is 4.78. The van der Waals surface area contributed by atoms with Crippen LogP contribution in [0, 0.1) is 0 Å². The van der Waals surface area contributed by atoms with Crippen LogP contribution < -0.4 is 15.0 Å². The molecule has 2 N–H and O–H groups in total. The first-order valence-corrected chi connectivity index (χ1v) is 9.73. The molecule has 0 radical (unpaired) electrons. The van der Waals surface area contributed by atoms with E-state index >= 15 is 0 Å². The number of H-pyrrole nitrogens is 1. The molecule has 0 saturated heterocycles. The molecule has 142 valence electrons. The van der Waals surface area contributed by atoms with Crippen molar-refractivity contribution in [3.63, 3.8) is 0 Å². The minimum Gasteiger partial charge on any atom is -0.493 e. The van der Waals surface area contributed by atoms with E-state index < -0.39 is 12.6 Å². The largest absolute Gasteiger partial charge is 0.493 e. The Morgan fingerprint density at radius 3 is 2.86 bits per heavy atom. The molecular formula is C19H13BrN2O5S. The van der Waals surface area contributed by atoms with Crippen LogP contribution in [0.3, 0.4) is 0 Å². The molecule has 0 bridgehead atoms. The van der Waals surface area contributed by atoms with Crippen LogP contribution in [0.1, 0.15) is 0 Å². The highest BCUT2D eigenvalue weighted by molar-refractivity contribution is 9.10. The van der Waals surface area contributed by atoms with Gasteiger partial charge in [-0.25, -0.2) is 9.78 Å². The molecule has 0 unspecified atom stereocenters. The van der Waals surface area contributed by atoms with Crippen LogP contribution in [0.2, 0.25) is 0 Å². The summed E-state index contributed by atoms with van der Waals surface area (Å²) in [6.07, 6.45) is 0. The van der Waals surface area contributed by atoms with Gasteiger partial charge < -0.3 is 19.6 Å². The summed E-state index contributed by atoms with van der Waals surface area (Å²) in [4.78, 5) is 31.6. The van der Waals surface area contributed by atoms with Gasteiger partial charge in [0.2, 0.25) is 0 Å². The molecule has 2 heterocycles. The maximum absolute atomic E-state index is 12.7. The normalized spacial score (nSPS) is 11.1. The molecule has 0 aliphatic heterocycles. The van der Waals surface area contributed by atoms with Gasteiger partial charge in [0.25, 0.3) is 5.56 Å². The van der Waals surface area contributed by atoms with Crippen LogP contribution in [-0.4, -0.2) is 34.8 Å². The number of thiophene rings is 1. The number of aliphatic carboxylic acids is 1. The SMILES string of the molecule is COc1cc(-c2nc3sc4ccccc4c3c(=O)[nH]2)cc(Br)c1OCC(=O)O. The van der Waals surface area contributed by atoms with Gasteiger partial charge in [-0.1, -0.05) is 18.2 Å². The number of benzene rings is 2. The molecule has 0 atom stereocenters. The second-order valence-corrected chi connectivity index (χ2v) is 7.75. The Hall–Kier alpha value is -2.91. The average molecular weight is 461 g/mol. The van der Waals surface area contributed by atoms with Crippen molar-refractivity contribution in [3.05, 3.63) is 51.2 Å². The number of ether oxygens (including phenoxy) is 2. The van der Waals surface area contributed by atoms with Crippen molar-refractivity contribution in [2.24, 2.45) is 0 Å². The van der Waals surface area contributed by atoms with Gasteiger partial charge in [-0.2, -0.15) is 0 Å². The van der Waals surface area contributed by atoms with Crippen molar-refractivity contribution in [3.8, 4) is 22.9 Å². The predicted octanol–water partition coefficient (Wildman–Crippen LogP) is 4.04. The van der Waals surface area contributed by atoms with Gasteiger partial charge in [-0.05, 0) is 34.1 Å². The average Bonchev–Trinajstić information content (AvgIpc) is 3.05. The quantitative estimate of drug-likeness (QED) is 0.465. The van der Waals surface area contributed by atoms with E-state index in [0.717, 1.165) is 10.1 Å². The first kappa shape index (κ1) is 18.5. The minimum atomic E-state index is -1.10. The number of aromatic nitrogens is 2. The number of nitrogens with zero attached hydrogens (tertiary/aromatic N) is 1. The zero-order chi connectivity index (χ0) is 19.8. The fraction of sp³-hybridized carbons (Fsp3) is 0.105. The molecule has 0 amide bonds. The molecule has 2 aromatic heterocycles. The van der Waals surface area contributed by atoms with Crippen LogP contribution >= 0.6 is 27.3 Å². The van der Waals surface area contributed by atoms with Crippen molar-refractivity contribution >= 4 is 53.5 Å². The Labute approximate surface area is 170 Å². The van der Waals surface area contributed by atoms with Gasteiger partial charge >= 0.3 is 5.97 Å². The van der Waals surface area contributed by atoms with Gasteiger partial charge in [0, 0.05) is 15.6 Å². The van der Waals surface area contributed by atoms with Crippen molar-refractivity contribution in [1.29, 1.82) is 0 Å². The lowest BCUT2D eigenvalue weighted by Crippen LogP contribution is -2.11. The van der Waals surface area contributed by atoms with Crippen LogP contribution in [0.25, 0.3) is 31.7 Å². The van der Waals surface area contributed by atoms with Gasteiger partial charge in [0.1, 0.15) is 10.7 Å². The molecule has 9 heteroatoms. The van der Waals surface area contributed by atoms with Gasteiger partial charge in [-0.15, -0.1) is 11.3 Å². The lowest BCUT2D eigenvalue weighted by atomic mass is 10.1. The lowest BCUT2D eigenvalue weighted by molar-refractivity contribution is -0.139. The summed E-state index contributed by atoms with van der Waals surface area (Å²) in [7, 11) is 1.45. The summed E-state index contributed by atoms with van der Waals surface area (Å²) in [5.41, 5.74) is 0.376. The van der Waals surface area contributed by atoms with E-state index in [1.165, 1.54) is 18.4 Å². The van der Waals surface area contributed by atoms with Crippen LogP contribution in [0.4, 0.5) is 0 Å². The fourth-order valence-corrected chi connectivity index (χ4v) is 4.53. The number of nitrogens with one attached hydrogen (secondary N) is 1. The first-order chi connectivity index (χ1) is 13.5. The van der Waals surface area contributed by atoms with Gasteiger partial charge in [-0.3, -0.25) is 4.79 Å². The van der Waals surface area contributed by atoms with E-state index in [4.69, 9.17) is 14.6 Å². The second-order valence-electron chi connectivity index (χ2n) is 5.86. The zero-order valence-electron chi connectivity index (χ0n) is 14.5. The van der Waals surface area contributed by atoms with E-state index in [0.29, 0.717) is 31.8 Å². The van der Waals surface area contributed by atoms with E-state index in [9.17, 15) is 9.59 Å². The molecule has 0 fully saturated rings. The monoisotopic (exact) mass is 460 g/mol. The number of aromatic amines is 1. The minimum absolute atomic E-state index is 0.223. The summed E-state index contributed by atoms with van der Waals surface area (Å²) >= 11 is 4.82. The Morgan fingerprint density at radius 1 is 1.32 bits per heavy atom. The Morgan fingerprint density at radius 2 is 2.11 bits per heavy atom. The number of rotatable bonds is 5. The van der Waals surface area contributed by atoms with Crippen molar-refractivity contribution in [2.45, 2.75) is 0 Å². The van der Waals surface area contributed by atoms with Crippen molar-refractivity contribution in [2.75, 3.05) is 13.7 Å². The lowest BCUT2D eigenvalue weighted by Gasteiger charge is -2.13. The molecule has 0 aliphatic rings. The van der Waals surface area contributed by atoms with E-state index in [1.807, 2.05) is 24.3 Å². The fourth-order valence-electron chi connectivity index (χ4n) is 2.90. The van der Waals surface area contributed by atoms with E-state index in [1.54, 1.807) is 12.1 Å². The summed E-state index contributed by atoms with van der Waals surface area (Å²) in [6, 6.07) is 11.0. The molecule has 4 aromatic rings. The first-order valence-electron chi connectivity index (χ1n) is 8.12. The summed E-state index contributed by atoms with van der Waals surface area (Å²) in [6.45, 7) is -0.503. The zero-order valence-corrected chi connectivity index (χ0v) is 16.9. The van der Waals surface area contributed by atoms with Crippen molar-refractivity contribution < 1.29 is 19.4 Å². The maximum atomic E-state index is 12.7. The van der Waals surface area contributed by atoms with Crippen LogP contribution in [0.5, 0.6) is 11.5 Å². The van der Waals surface area contributed by atoms with Crippen LogP contribution in [0.15, 0.2) is 45.7 Å². The van der Waals surface area contributed by atoms with Gasteiger partial charge in [0.15, 0.2) is 18.1 Å². The van der Waals surface area contributed by atoms with Crippen LogP contribution in [-0.2, 0) is 4.79 Å². The second kappa shape index (κ2) is 7.25. The number of methoxy groups -OCH3 is 1. The number of carbonyl (C=O) groups is 1. The molecule has 28 heavy (non-hydrogen) atoms. The highest BCUT2D eigenvalue weighted by atomic mass is 79.9. The highest BCUT2D eigenvalue weighted by Crippen LogP contribution is 2.39. The molecule has 7 nitrogen and oxygen atoms in total. The maximum Gasteiger partial charge on any atom is 0.341 e. The van der Waals surface area contributed by atoms with Crippen molar-refractivity contribution in [1.82, 2.24) is 9.97 Å². The smallest absolute Gasteiger partial charge is 0.341 e. The number of carboxylic acids is 1. The number of hydrogen-bond donors (Lipinski definition) is 2. The number of fused-ring (bicyclic) bond motifs is 3. The molecule has 0 aliphatic carbocycles. The predicted molar refractivity (Wildman–Crippen MR) is 111 cm³/mol. The molecule has 0 spiro atoms. The summed E-state index contributed by atoms with van der Waals surface area (Å²) < 4.78 is 12.1. The highest BCUT2D eigenvalue weighted by Gasteiger charge is 2.17. The third-order valence-corrected chi connectivity index (χ3v) is 5.75. The standard InChI is InChI=1S/C19H13BrN2O5S/c1-26-12-7-9(6-11(20)16(12)27-8-14(23)24)17-21-18(25)15-10-4-2-3-5-13(10)28-19(15)22-17/h2-7H,8H2,1H3,(H,23,24)(H,21,22,25). The number of hydrogen-bond acceptors (Lipinski definition) is 6. The van der Waals surface area contributed by atoms with E-state index in [2.05, 4.69) is 25.9 Å². The molecule has 2 aromatic carbocycles. The number of halogens is 1. The summed E-state index contributed by atoms with van der Waals surface area (Å²) in [5.74, 6) is -0.129.